The van der Waals surface area contributed by atoms with Gasteiger partial charge in [0, 0.05) is 32.4 Å². The summed E-state index contributed by atoms with van der Waals surface area (Å²) in [6.07, 6.45) is 1.45. The lowest BCUT2D eigenvalue weighted by atomic mass is 10.0. The normalized spacial score (nSPS) is 17.3. The van der Waals surface area contributed by atoms with E-state index in [4.69, 9.17) is 16.9 Å². The van der Waals surface area contributed by atoms with Gasteiger partial charge in [0.15, 0.2) is 11.6 Å². The molecule has 2 heterocycles. The molecular weight excluding hydrogens is 267 g/mol. The minimum Gasteiger partial charge on any atom is -0.352 e. The first-order valence-electron chi connectivity index (χ1n) is 6.16. The van der Waals surface area contributed by atoms with Gasteiger partial charge in [-0.3, -0.25) is 4.90 Å². The molecule has 0 unspecified atom stereocenters. The van der Waals surface area contributed by atoms with Crippen LogP contribution in [0.3, 0.4) is 0 Å². The highest BCUT2D eigenvalue weighted by atomic mass is 35.5. The lowest BCUT2D eigenvalue weighted by molar-refractivity contribution is 0.157. The van der Waals surface area contributed by atoms with Crippen LogP contribution in [0.5, 0.6) is 0 Å². The SMILES string of the molecule is CC(C)(C#N)N1CCN(c2ncc(Cl)cc2F)CC1. The van der Waals surface area contributed by atoms with E-state index in [9.17, 15) is 4.39 Å². The van der Waals surface area contributed by atoms with Crippen molar-refractivity contribution < 1.29 is 4.39 Å². The molecule has 2 rings (SSSR count). The van der Waals surface area contributed by atoms with Crippen LogP contribution >= 0.6 is 11.6 Å². The van der Waals surface area contributed by atoms with E-state index in [1.807, 2.05) is 18.7 Å². The van der Waals surface area contributed by atoms with Crippen LogP contribution in [0.25, 0.3) is 0 Å². The highest BCUT2D eigenvalue weighted by Gasteiger charge is 2.30. The summed E-state index contributed by atoms with van der Waals surface area (Å²) in [5, 5.41) is 9.41. The standard InChI is InChI=1S/C13H16ClFN4/c1-13(2,9-16)19-5-3-18(4-6-19)12-11(15)7-10(14)8-17-12/h7-8H,3-6H2,1-2H3. The molecule has 1 fully saturated rings. The van der Waals surface area contributed by atoms with Crippen molar-refractivity contribution in [1.82, 2.24) is 9.88 Å². The molecule has 0 aliphatic carbocycles. The summed E-state index contributed by atoms with van der Waals surface area (Å²) >= 11 is 5.69. The molecule has 19 heavy (non-hydrogen) atoms. The van der Waals surface area contributed by atoms with Crippen LogP contribution in [-0.2, 0) is 0 Å². The van der Waals surface area contributed by atoms with Crippen LogP contribution < -0.4 is 4.90 Å². The smallest absolute Gasteiger partial charge is 0.167 e. The highest BCUT2D eigenvalue weighted by Crippen LogP contribution is 2.23. The summed E-state index contributed by atoms with van der Waals surface area (Å²) in [4.78, 5) is 8.02. The van der Waals surface area contributed by atoms with Gasteiger partial charge in [0.2, 0.25) is 0 Å². The van der Waals surface area contributed by atoms with Crippen molar-refractivity contribution in [2.45, 2.75) is 19.4 Å². The molecule has 1 aliphatic heterocycles. The summed E-state index contributed by atoms with van der Waals surface area (Å²) in [6.45, 7) is 6.51. The number of anilines is 1. The highest BCUT2D eigenvalue weighted by molar-refractivity contribution is 6.30. The number of pyridine rings is 1. The molecule has 6 heteroatoms. The molecule has 102 valence electrons. The Kier molecular flexibility index (Phi) is 3.93. The van der Waals surface area contributed by atoms with Crippen LogP contribution in [0.1, 0.15) is 13.8 Å². The van der Waals surface area contributed by atoms with Crippen LogP contribution in [-0.4, -0.2) is 41.6 Å². The van der Waals surface area contributed by atoms with E-state index in [1.165, 1.54) is 12.3 Å². The Morgan fingerprint density at radius 3 is 2.53 bits per heavy atom. The Balaban J connectivity index is 2.06. The van der Waals surface area contributed by atoms with Gasteiger partial charge in [-0.1, -0.05) is 11.6 Å². The average Bonchev–Trinajstić information content (AvgIpc) is 2.39. The zero-order valence-electron chi connectivity index (χ0n) is 11.0. The fourth-order valence-electron chi connectivity index (χ4n) is 2.19. The van der Waals surface area contributed by atoms with Gasteiger partial charge in [-0.25, -0.2) is 9.37 Å². The third kappa shape index (κ3) is 2.96. The van der Waals surface area contributed by atoms with Crippen molar-refractivity contribution in [3.63, 3.8) is 0 Å². The molecule has 1 aliphatic rings. The monoisotopic (exact) mass is 282 g/mol. The van der Waals surface area contributed by atoms with Gasteiger partial charge in [0.05, 0.1) is 11.1 Å². The van der Waals surface area contributed by atoms with Crippen molar-refractivity contribution in [3.05, 3.63) is 23.1 Å². The summed E-state index contributed by atoms with van der Waals surface area (Å²) < 4.78 is 13.8. The summed E-state index contributed by atoms with van der Waals surface area (Å²) in [6, 6.07) is 3.56. The minimum absolute atomic E-state index is 0.297. The average molecular weight is 283 g/mol. The van der Waals surface area contributed by atoms with Gasteiger partial charge in [0.25, 0.3) is 0 Å². The predicted octanol–water partition coefficient (Wildman–Crippen LogP) is 2.30. The molecule has 0 amide bonds. The van der Waals surface area contributed by atoms with Crippen LogP contribution in [0.2, 0.25) is 5.02 Å². The van der Waals surface area contributed by atoms with E-state index in [2.05, 4.69) is 16.0 Å². The maximum Gasteiger partial charge on any atom is 0.167 e. The molecular formula is C13H16ClFN4. The number of piperazine rings is 1. The number of halogens is 2. The second-order valence-corrected chi connectivity index (χ2v) is 5.54. The van der Waals surface area contributed by atoms with Crippen LogP contribution in [0.4, 0.5) is 10.2 Å². The zero-order valence-corrected chi connectivity index (χ0v) is 11.8. The molecule has 0 radical (unpaired) electrons. The van der Waals surface area contributed by atoms with Gasteiger partial charge >= 0.3 is 0 Å². The Morgan fingerprint density at radius 2 is 2.00 bits per heavy atom. The fraction of sp³-hybridized carbons (Fsp3) is 0.538. The molecule has 1 aromatic heterocycles. The molecule has 1 aromatic rings. The number of hydrogen-bond acceptors (Lipinski definition) is 4. The van der Waals surface area contributed by atoms with E-state index in [0.29, 0.717) is 37.0 Å². The van der Waals surface area contributed by atoms with Gasteiger partial charge in [-0.15, -0.1) is 0 Å². The molecule has 0 bridgehead atoms. The lowest BCUT2D eigenvalue weighted by Gasteiger charge is -2.40. The van der Waals surface area contributed by atoms with Crippen molar-refractivity contribution in [3.8, 4) is 6.07 Å². The molecule has 0 N–H and O–H groups in total. The molecule has 1 saturated heterocycles. The van der Waals surface area contributed by atoms with Gasteiger partial charge in [-0.05, 0) is 19.9 Å². The van der Waals surface area contributed by atoms with E-state index in [0.717, 1.165) is 0 Å². The third-order valence-corrected chi connectivity index (χ3v) is 3.64. The van der Waals surface area contributed by atoms with E-state index in [-0.39, 0.29) is 0 Å². The van der Waals surface area contributed by atoms with E-state index in [1.54, 1.807) is 0 Å². The van der Waals surface area contributed by atoms with E-state index >= 15 is 0 Å². The number of aromatic nitrogens is 1. The first-order valence-corrected chi connectivity index (χ1v) is 6.54. The third-order valence-electron chi connectivity index (χ3n) is 3.43. The van der Waals surface area contributed by atoms with Gasteiger partial charge in [0.1, 0.15) is 5.54 Å². The van der Waals surface area contributed by atoms with Gasteiger partial charge in [-0.2, -0.15) is 5.26 Å². The zero-order chi connectivity index (χ0) is 14.0. The molecule has 0 spiro atoms. The number of rotatable bonds is 2. The number of nitrogens with zero attached hydrogens (tertiary/aromatic N) is 4. The van der Waals surface area contributed by atoms with E-state index < -0.39 is 11.4 Å². The largest absolute Gasteiger partial charge is 0.352 e. The predicted molar refractivity (Wildman–Crippen MR) is 72.7 cm³/mol. The summed E-state index contributed by atoms with van der Waals surface area (Å²) in [7, 11) is 0. The topological polar surface area (TPSA) is 43.2 Å². The van der Waals surface area contributed by atoms with Gasteiger partial charge < -0.3 is 4.90 Å². The minimum atomic E-state index is -0.488. The Morgan fingerprint density at radius 1 is 1.37 bits per heavy atom. The van der Waals surface area contributed by atoms with Crippen molar-refractivity contribution >= 4 is 17.4 Å². The Hall–Kier alpha value is -1.38. The first-order chi connectivity index (χ1) is 8.94. The summed E-state index contributed by atoms with van der Waals surface area (Å²) in [5.74, 6) is -0.0701. The molecule has 0 aromatic carbocycles. The second kappa shape index (κ2) is 5.32. The Labute approximate surface area is 117 Å². The van der Waals surface area contributed by atoms with Crippen molar-refractivity contribution in [2.24, 2.45) is 0 Å². The molecule has 4 nitrogen and oxygen atoms in total. The Bertz CT molecular complexity index is 504. The summed E-state index contributed by atoms with van der Waals surface area (Å²) in [5.41, 5.74) is -0.488. The first kappa shape index (κ1) is 14.0. The lowest BCUT2D eigenvalue weighted by Crippen LogP contribution is -2.54. The van der Waals surface area contributed by atoms with Crippen molar-refractivity contribution in [1.29, 1.82) is 5.26 Å². The maximum absolute atomic E-state index is 13.8. The number of hydrogen-bond donors (Lipinski definition) is 0. The maximum atomic E-state index is 13.8. The quantitative estimate of drug-likeness (QED) is 0.835. The molecule has 0 saturated carbocycles. The fourth-order valence-corrected chi connectivity index (χ4v) is 2.33. The second-order valence-electron chi connectivity index (χ2n) is 5.10. The molecule has 0 atom stereocenters. The van der Waals surface area contributed by atoms with Crippen LogP contribution in [0.15, 0.2) is 12.3 Å². The van der Waals surface area contributed by atoms with Crippen LogP contribution in [0, 0.1) is 17.1 Å². The number of nitriles is 1. The van der Waals surface area contributed by atoms with Crippen molar-refractivity contribution in [2.75, 3.05) is 31.1 Å².